The van der Waals surface area contributed by atoms with Crippen LogP contribution < -0.4 is 0 Å². The third kappa shape index (κ3) is 1.68. The first kappa shape index (κ1) is 11.9. The van der Waals surface area contributed by atoms with Gasteiger partial charge in [0.2, 0.25) is 0 Å². The molecular formula is C7H4F7N. The van der Waals surface area contributed by atoms with Gasteiger partial charge < -0.3 is 4.98 Å². The van der Waals surface area contributed by atoms with E-state index in [9.17, 15) is 30.7 Å². The second-order valence-corrected chi connectivity index (χ2v) is 2.75. The van der Waals surface area contributed by atoms with Gasteiger partial charge in [-0.25, -0.2) is 0 Å². The summed E-state index contributed by atoms with van der Waals surface area (Å²) in [7, 11) is 0. The van der Waals surface area contributed by atoms with E-state index in [2.05, 4.69) is 0 Å². The van der Waals surface area contributed by atoms with Crippen molar-refractivity contribution in [2.75, 3.05) is 0 Å². The highest BCUT2D eigenvalue weighted by atomic mass is 19.4. The molecule has 0 spiro atoms. The van der Waals surface area contributed by atoms with Crippen LogP contribution in [0.3, 0.4) is 0 Å². The van der Waals surface area contributed by atoms with Crippen LogP contribution in [-0.4, -0.2) is 17.1 Å². The van der Waals surface area contributed by atoms with Gasteiger partial charge >= 0.3 is 18.0 Å². The van der Waals surface area contributed by atoms with Gasteiger partial charge in [-0.05, 0) is 6.07 Å². The number of nitrogens with one attached hydrogen (secondary N) is 1. The van der Waals surface area contributed by atoms with Gasteiger partial charge in [-0.3, -0.25) is 0 Å². The van der Waals surface area contributed by atoms with E-state index >= 15 is 0 Å². The molecule has 0 saturated carbocycles. The molecule has 0 saturated heterocycles. The molecule has 0 radical (unpaired) electrons. The Balaban J connectivity index is 3.17. The zero-order chi connectivity index (χ0) is 11.9. The highest BCUT2D eigenvalue weighted by Gasteiger charge is 2.73. The molecule has 0 amide bonds. The summed E-state index contributed by atoms with van der Waals surface area (Å²) in [5, 5.41) is 0. The lowest BCUT2D eigenvalue weighted by molar-refractivity contribution is -0.359. The largest absolute Gasteiger partial charge is 0.460 e. The van der Waals surface area contributed by atoms with Crippen molar-refractivity contribution in [3.05, 3.63) is 24.0 Å². The molecule has 15 heavy (non-hydrogen) atoms. The second kappa shape index (κ2) is 3.14. The summed E-state index contributed by atoms with van der Waals surface area (Å²) in [4.78, 5) is 1.98. The highest BCUT2D eigenvalue weighted by molar-refractivity contribution is 5.19. The van der Waals surface area contributed by atoms with Crippen molar-refractivity contribution in [3.8, 4) is 0 Å². The number of hydrogen-bond donors (Lipinski definition) is 1. The van der Waals surface area contributed by atoms with Crippen LogP contribution >= 0.6 is 0 Å². The first-order chi connectivity index (χ1) is 6.61. The van der Waals surface area contributed by atoms with E-state index < -0.39 is 23.6 Å². The summed E-state index contributed by atoms with van der Waals surface area (Å²) in [5.74, 6) is -11.4. The van der Waals surface area contributed by atoms with E-state index in [0.29, 0.717) is 12.3 Å². The van der Waals surface area contributed by atoms with Crippen molar-refractivity contribution >= 4 is 0 Å². The number of alkyl halides is 7. The molecular weight excluding hydrogens is 231 g/mol. The van der Waals surface area contributed by atoms with Crippen LogP contribution in [0.25, 0.3) is 0 Å². The lowest BCUT2D eigenvalue weighted by atomic mass is 10.1. The molecule has 0 aliphatic heterocycles. The Kier molecular flexibility index (Phi) is 2.48. The normalized spacial score (nSPS) is 14.3. The minimum absolute atomic E-state index is 0.389. The fourth-order valence-electron chi connectivity index (χ4n) is 0.878. The number of halogens is 7. The molecule has 0 aromatic carbocycles. The Morgan fingerprint density at radius 1 is 0.933 bits per heavy atom. The van der Waals surface area contributed by atoms with Crippen molar-refractivity contribution in [3.63, 3.8) is 0 Å². The Morgan fingerprint density at radius 2 is 1.47 bits per heavy atom. The Hall–Kier alpha value is -1.21. The fourth-order valence-corrected chi connectivity index (χ4v) is 0.878. The second-order valence-electron chi connectivity index (χ2n) is 2.75. The molecule has 0 bridgehead atoms. The van der Waals surface area contributed by atoms with Gasteiger partial charge in [-0.1, -0.05) is 0 Å². The molecule has 0 fully saturated rings. The predicted octanol–water partition coefficient (Wildman–Crippen LogP) is 3.30. The van der Waals surface area contributed by atoms with Crippen LogP contribution in [0.5, 0.6) is 0 Å². The summed E-state index contributed by atoms with van der Waals surface area (Å²) < 4.78 is 85.4. The zero-order valence-corrected chi connectivity index (χ0v) is 6.88. The third-order valence-corrected chi connectivity index (χ3v) is 1.71. The quantitative estimate of drug-likeness (QED) is 0.757. The molecule has 8 heteroatoms. The average Bonchev–Trinajstić information content (AvgIpc) is 2.53. The third-order valence-electron chi connectivity index (χ3n) is 1.71. The smallest absolute Gasteiger partial charge is 0.367 e. The summed E-state index contributed by atoms with van der Waals surface area (Å²) in [6, 6.07) is 0.458. The molecule has 0 atom stereocenters. The molecule has 86 valence electrons. The van der Waals surface area contributed by atoms with E-state index in [1.54, 1.807) is 0 Å². The SMILES string of the molecule is FC(F)(F)C(F)(F)C(F)(F)c1cc[nH]c1. The predicted molar refractivity (Wildman–Crippen MR) is 35.7 cm³/mol. The Labute approximate surface area is 78.9 Å². The lowest BCUT2D eigenvalue weighted by Crippen LogP contribution is -2.49. The van der Waals surface area contributed by atoms with E-state index in [4.69, 9.17) is 0 Å². The summed E-state index contributed by atoms with van der Waals surface area (Å²) in [5.41, 5.74) is -1.41. The number of rotatable bonds is 2. The monoisotopic (exact) mass is 235 g/mol. The van der Waals surface area contributed by atoms with E-state index in [-0.39, 0.29) is 0 Å². The minimum atomic E-state index is -6.30. The van der Waals surface area contributed by atoms with Crippen LogP contribution in [0.4, 0.5) is 30.7 Å². The first-order valence-corrected chi connectivity index (χ1v) is 3.56. The molecule has 1 rings (SSSR count). The van der Waals surface area contributed by atoms with Gasteiger partial charge in [-0.15, -0.1) is 0 Å². The van der Waals surface area contributed by atoms with Crippen molar-refractivity contribution in [2.24, 2.45) is 0 Å². The Morgan fingerprint density at radius 3 is 1.80 bits per heavy atom. The maximum absolute atomic E-state index is 12.8. The van der Waals surface area contributed by atoms with Crippen molar-refractivity contribution in [1.29, 1.82) is 0 Å². The zero-order valence-electron chi connectivity index (χ0n) is 6.88. The topological polar surface area (TPSA) is 15.8 Å². The standard InChI is InChI=1S/C7H4F7N/c8-5(9,4-1-2-15-3-4)6(10,11)7(12,13)14/h1-3,15H. The molecule has 0 unspecified atom stereocenters. The number of hydrogen-bond acceptors (Lipinski definition) is 0. The first-order valence-electron chi connectivity index (χ1n) is 3.56. The fraction of sp³-hybridized carbons (Fsp3) is 0.429. The maximum Gasteiger partial charge on any atom is 0.460 e. The van der Waals surface area contributed by atoms with Crippen molar-refractivity contribution in [1.82, 2.24) is 4.98 Å². The van der Waals surface area contributed by atoms with Crippen LogP contribution in [0.2, 0.25) is 0 Å². The van der Waals surface area contributed by atoms with Gasteiger partial charge in [0.25, 0.3) is 0 Å². The summed E-state index contributed by atoms with van der Waals surface area (Å²) >= 11 is 0. The van der Waals surface area contributed by atoms with Gasteiger partial charge in [0.1, 0.15) is 0 Å². The number of H-pyrrole nitrogens is 1. The van der Waals surface area contributed by atoms with E-state index in [1.165, 1.54) is 0 Å². The van der Waals surface area contributed by atoms with Crippen LogP contribution in [0.1, 0.15) is 5.56 Å². The van der Waals surface area contributed by atoms with Gasteiger partial charge in [0.15, 0.2) is 0 Å². The highest BCUT2D eigenvalue weighted by Crippen LogP contribution is 2.51. The van der Waals surface area contributed by atoms with Crippen LogP contribution in [0.15, 0.2) is 18.5 Å². The van der Waals surface area contributed by atoms with Crippen molar-refractivity contribution < 1.29 is 30.7 Å². The molecule has 1 aromatic rings. The summed E-state index contributed by atoms with van der Waals surface area (Å²) in [6.07, 6.45) is -5.08. The minimum Gasteiger partial charge on any atom is -0.367 e. The lowest BCUT2D eigenvalue weighted by Gasteiger charge is -2.27. The van der Waals surface area contributed by atoms with Crippen LogP contribution in [0, 0.1) is 0 Å². The van der Waals surface area contributed by atoms with E-state index in [1.807, 2.05) is 4.98 Å². The number of aromatic nitrogens is 1. The molecule has 1 nitrogen and oxygen atoms in total. The van der Waals surface area contributed by atoms with Crippen LogP contribution in [-0.2, 0) is 5.92 Å². The molecule has 1 heterocycles. The summed E-state index contributed by atoms with van der Waals surface area (Å²) in [6.45, 7) is 0. The molecule has 0 aliphatic carbocycles. The Bertz CT molecular complexity index is 324. The molecule has 1 aromatic heterocycles. The van der Waals surface area contributed by atoms with Gasteiger partial charge in [-0.2, -0.15) is 30.7 Å². The van der Waals surface area contributed by atoms with Gasteiger partial charge in [0.05, 0.1) is 0 Å². The maximum atomic E-state index is 12.8. The number of aromatic amines is 1. The van der Waals surface area contributed by atoms with Gasteiger partial charge in [0, 0.05) is 18.0 Å². The molecule has 0 aliphatic rings. The van der Waals surface area contributed by atoms with E-state index in [0.717, 1.165) is 6.20 Å². The average molecular weight is 235 g/mol. The molecule has 1 N–H and O–H groups in total. The van der Waals surface area contributed by atoms with Crippen molar-refractivity contribution in [2.45, 2.75) is 18.0 Å².